The molecule has 6 heteroatoms. The third-order valence-electron chi connectivity index (χ3n) is 3.11. The van der Waals surface area contributed by atoms with Crippen molar-refractivity contribution in [3.63, 3.8) is 0 Å². The minimum absolute atomic E-state index is 0.111. The molecule has 0 spiro atoms. The molecule has 100 valence electrons. The smallest absolute Gasteiger partial charge is 0.367 e. The van der Waals surface area contributed by atoms with Crippen molar-refractivity contribution >= 4 is 17.3 Å². The number of rotatable bonds is 1. The number of alkyl halides is 3. The zero-order valence-electron chi connectivity index (χ0n) is 9.97. The van der Waals surface area contributed by atoms with Gasteiger partial charge in [0.25, 0.3) is 0 Å². The molecule has 2 nitrogen and oxygen atoms in total. The van der Waals surface area contributed by atoms with Crippen LogP contribution in [-0.2, 0) is 6.18 Å². The molecule has 0 unspecified atom stereocenters. The van der Waals surface area contributed by atoms with Gasteiger partial charge in [0.1, 0.15) is 0 Å². The Hall–Kier alpha value is -0.940. The Labute approximate surface area is 109 Å². The lowest BCUT2D eigenvalue weighted by atomic mass is 10.1. The Morgan fingerprint density at radius 3 is 2.28 bits per heavy atom. The molecular formula is C12H14ClF3N2. The standard InChI is InChI=1S/C12H14ClF3N2/c1-17-5-7-18(8-6-17)11-9(12(14,15)16)3-2-4-10(11)13/h2-4H,5-8H2,1H3. The van der Waals surface area contributed by atoms with E-state index < -0.39 is 11.7 Å². The van der Waals surface area contributed by atoms with Crippen LogP contribution in [-0.4, -0.2) is 38.1 Å². The molecule has 1 heterocycles. The maximum Gasteiger partial charge on any atom is 0.418 e. The van der Waals surface area contributed by atoms with Crippen molar-refractivity contribution in [2.75, 3.05) is 38.1 Å². The Balaban J connectivity index is 2.37. The van der Waals surface area contributed by atoms with Crippen molar-refractivity contribution in [3.05, 3.63) is 28.8 Å². The second kappa shape index (κ2) is 4.97. The van der Waals surface area contributed by atoms with Crippen molar-refractivity contribution < 1.29 is 13.2 Å². The summed E-state index contributed by atoms with van der Waals surface area (Å²) >= 11 is 5.95. The highest BCUT2D eigenvalue weighted by Gasteiger charge is 2.36. The van der Waals surface area contributed by atoms with Crippen LogP contribution in [0.1, 0.15) is 5.56 Å². The van der Waals surface area contributed by atoms with Crippen LogP contribution in [0.5, 0.6) is 0 Å². The minimum atomic E-state index is -4.37. The van der Waals surface area contributed by atoms with Crippen molar-refractivity contribution in [2.45, 2.75) is 6.18 Å². The molecule has 1 aromatic carbocycles. The average molecular weight is 279 g/mol. The van der Waals surface area contributed by atoms with E-state index in [0.717, 1.165) is 19.2 Å². The molecule has 0 aromatic heterocycles. The molecular weight excluding hydrogens is 265 g/mol. The Bertz CT molecular complexity index is 426. The van der Waals surface area contributed by atoms with Crippen molar-refractivity contribution in [2.24, 2.45) is 0 Å². The van der Waals surface area contributed by atoms with E-state index in [0.29, 0.717) is 13.1 Å². The lowest BCUT2D eigenvalue weighted by molar-refractivity contribution is -0.137. The third kappa shape index (κ3) is 2.72. The highest BCUT2D eigenvalue weighted by atomic mass is 35.5. The summed E-state index contributed by atoms with van der Waals surface area (Å²) in [6.45, 7) is 2.59. The van der Waals surface area contributed by atoms with Crippen LogP contribution in [0.3, 0.4) is 0 Å². The highest BCUT2D eigenvalue weighted by molar-refractivity contribution is 6.33. The molecule has 2 rings (SSSR count). The number of likely N-dealkylation sites (N-methyl/N-ethyl adjacent to an activating group) is 1. The number of anilines is 1. The second-order valence-corrected chi connectivity index (χ2v) is 4.83. The summed E-state index contributed by atoms with van der Waals surface area (Å²) < 4.78 is 38.9. The maximum absolute atomic E-state index is 13.0. The molecule has 1 fully saturated rings. The summed E-state index contributed by atoms with van der Waals surface area (Å²) in [5.41, 5.74) is -0.542. The van der Waals surface area contributed by atoms with Crippen molar-refractivity contribution in [1.29, 1.82) is 0 Å². The largest absolute Gasteiger partial charge is 0.418 e. The lowest BCUT2D eigenvalue weighted by Crippen LogP contribution is -2.45. The van der Waals surface area contributed by atoms with Gasteiger partial charge in [-0.05, 0) is 19.2 Å². The van der Waals surface area contributed by atoms with E-state index in [-0.39, 0.29) is 10.7 Å². The summed E-state index contributed by atoms with van der Waals surface area (Å²) in [6, 6.07) is 3.93. The van der Waals surface area contributed by atoms with Gasteiger partial charge in [0.05, 0.1) is 16.3 Å². The summed E-state index contributed by atoms with van der Waals surface area (Å²) in [5.74, 6) is 0. The average Bonchev–Trinajstić information content (AvgIpc) is 2.29. The summed E-state index contributed by atoms with van der Waals surface area (Å²) in [7, 11) is 1.95. The van der Waals surface area contributed by atoms with Gasteiger partial charge in [-0.2, -0.15) is 13.2 Å². The third-order valence-corrected chi connectivity index (χ3v) is 3.42. The lowest BCUT2D eigenvalue weighted by Gasteiger charge is -2.35. The molecule has 0 N–H and O–H groups in total. The van der Waals surface area contributed by atoms with Crippen LogP contribution in [0, 0.1) is 0 Å². The minimum Gasteiger partial charge on any atom is -0.367 e. The van der Waals surface area contributed by atoms with Gasteiger partial charge < -0.3 is 9.80 Å². The Morgan fingerprint density at radius 1 is 1.11 bits per heavy atom. The fourth-order valence-electron chi connectivity index (χ4n) is 2.10. The first-order chi connectivity index (χ1) is 8.39. The molecule has 0 aliphatic carbocycles. The first kappa shape index (κ1) is 13.5. The van der Waals surface area contributed by atoms with E-state index in [1.54, 1.807) is 4.90 Å². The number of para-hydroxylation sites is 1. The number of nitrogens with zero attached hydrogens (tertiary/aromatic N) is 2. The van der Waals surface area contributed by atoms with Gasteiger partial charge in [-0.3, -0.25) is 0 Å². The van der Waals surface area contributed by atoms with E-state index in [2.05, 4.69) is 4.90 Å². The molecule has 0 radical (unpaired) electrons. The van der Waals surface area contributed by atoms with Gasteiger partial charge in [0.15, 0.2) is 0 Å². The predicted molar refractivity (Wildman–Crippen MR) is 66.2 cm³/mol. The number of hydrogen-bond acceptors (Lipinski definition) is 2. The molecule has 1 aliphatic heterocycles. The van der Waals surface area contributed by atoms with E-state index >= 15 is 0 Å². The fourth-order valence-corrected chi connectivity index (χ4v) is 2.39. The molecule has 0 amide bonds. The predicted octanol–water partition coefficient (Wildman–Crippen LogP) is 3.11. The quantitative estimate of drug-likeness (QED) is 0.779. The number of benzene rings is 1. The maximum atomic E-state index is 13.0. The monoisotopic (exact) mass is 278 g/mol. The number of hydrogen-bond donors (Lipinski definition) is 0. The molecule has 0 bridgehead atoms. The molecule has 0 atom stereocenters. The first-order valence-electron chi connectivity index (χ1n) is 5.69. The van der Waals surface area contributed by atoms with E-state index in [1.165, 1.54) is 12.1 Å². The fraction of sp³-hybridized carbons (Fsp3) is 0.500. The van der Waals surface area contributed by atoms with E-state index in [1.807, 2.05) is 7.05 Å². The summed E-state index contributed by atoms with van der Waals surface area (Å²) in [5, 5.41) is 0.161. The zero-order valence-corrected chi connectivity index (χ0v) is 10.7. The Kier molecular flexibility index (Phi) is 3.73. The van der Waals surface area contributed by atoms with Gasteiger partial charge in [-0.1, -0.05) is 17.7 Å². The number of piperazine rings is 1. The van der Waals surface area contributed by atoms with Crippen molar-refractivity contribution in [1.82, 2.24) is 4.90 Å². The summed E-state index contributed by atoms with van der Waals surface area (Å²) in [4.78, 5) is 3.80. The Morgan fingerprint density at radius 2 is 1.72 bits per heavy atom. The molecule has 1 aromatic rings. The van der Waals surface area contributed by atoms with Crippen LogP contribution >= 0.6 is 11.6 Å². The molecule has 1 aliphatic rings. The van der Waals surface area contributed by atoms with Crippen LogP contribution in [0.15, 0.2) is 18.2 Å². The van der Waals surface area contributed by atoms with E-state index in [9.17, 15) is 13.2 Å². The summed E-state index contributed by atoms with van der Waals surface area (Å²) in [6.07, 6.45) is -4.37. The normalized spacial score (nSPS) is 18.2. The van der Waals surface area contributed by atoms with Crippen LogP contribution in [0.4, 0.5) is 18.9 Å². The van der Waals surface area contributed by atoms with E-state index in [4.69, 9.17) is 11.6 Å². The second-order valence-electron chi connectivity index (χ2n) is 4.42. The van der Waals surface area contributed by atoms with Gasteiger partial charge in [0.2, 0.25) is 0 Å². The van der Waals surface area contributed by atoms with Crippen LogP contribution in [0.25, 0.3) is 0 Å². The van der Waals surface area contributed by atoms with Crippen LogP contribution in [0.2, 0.25) is 5.02 Å². The number of halogens is 4. The van der Waals surface area contributed by atoms with Gasteiger partial charge in [0, 0.05) is 26.2 Å². The van der Waals surface area contributed by atoms with Gasteiger partial charge in [-0.15, -0.1) is 0 Å². The molecule has 0 saturated carbocycles. The van der Waals surface area contributed by atoms with Crippen molar-refractivity contribution in [3.8, 4) is 0 Å². The van der Waals surface area contributed by atoms with Gasteiger partial charge >= 0.3 is 6.18 Å². The SMILES string of the molecule is CN1CCN(c2c(Cl)cccc2C(F)(F)F)CC1. The first-order valence-corrected chi connectivity index (χ1v) is 6.06. The van der Waals surface area contributed by atoms with Crippen LogP contribution < -0.4 is 4.90 Å². The van der Waals surface area contributed by atoms with Gasteiger partial charge in [-0.25, -0.2) is 0 Å². The molecule has 1 saturated heterocycles. The zero-order chi connectivity index (χ0) is 13.3. The highest BCUT2D eigenvalue weighted by Crippen LogP contribution is 2.40. The topological polar surface area (TPSA) is 6.48 Å². The molecule has 18 heavy (non-hydrogen) atoms.